The van der Waals surface area contributed by atoms with Crippen molar-refractivity contribution in [3.8, 4) is 0 Å². The van der Waals surface area contributed by atoms with Crippen LogP contribution in [0.3, 0.4) is 0 Å². The van der Waals surface area contributed by atoms with Gasteiger partial charge in [0.2, 0.25) is 5.78 Å². The number of ketones is 1. The number of benzene rings is 2. The first kappa shape index (κ1) is 18.7. The summed E-state index contributed by atoms with van der Waals surface area (Å²) < 4.78 is 10.7. The number of hydrogen-bond donors (Lipinski definition) is 1. The van der Waals surface area contributed by atoms with E-state index in [1.54, 1.807) is 61.7 Å². The molecule has 27 heavy (non-hydrogen) atoms. The van der Waals surface area contributed by atoms with Crippen molar-refractivity contribution in [2.75, 3.05) is 5.32 Å². The smallest absolute Gasteiger partial charge is 0.340 e. The second-order valence-electron chi connectivity index (χ2n) is 5.90. The summed E-state index contributed by atoms with van der Waals surface area (Å²) in [4.78, 5) is 25.0. The van der Waals surface area contributed by atoms with Crippen molar-refractivity contribution < 1.29 is 18.7 Å². The number of halogens is 1. The quantitative estimate of drug-likeness (QED) is 0.460. The van der Waals surface area contributed by atoms with E-state index in [1.165, 1.54) is 0 Å². The summed E-state index contributed by atoms with van der Waals surface area (Å²) in [6, 6.07) is 17.1. The molecule has 0 saturated heterocycles. The van der Waals surface area contributed by atoms with Crippen molar-refractivity contribution >= 4 is 29.0 Å². The van der Waals surface area contributed by atoms with Gasteiger partial charge in [-0.15, -0.1) is 0 Å². The third-order valence-corrected chi connectivity index (χ3v) is 4.18. The summed E-state index contributed by atoms with van der Waals surface area (Å²) in [5.74, 6) is -0.157. The first-order valence-corrected chi connectivity index (χ1v) is 8.78. The van der Waals surface area contributed by atoms with Crippen molar-refractivity contribution in [3.63, 3.8) is 0 Å². The van der Waals surface area contributed by atoms with Crippen molar-refractivity contribution in [3.05, 3.63) is 88.8 Å². The zero-order valence-electron chi connectivity index (χ0n) is 14.6. The van der Waals surface area contributed by atoms with Crippen LogP contribution in [0, 0.1) is 0 Å². The van der Waals surface area contributed by atoms with Crippen LogP contribution in [0.5, 0.6) is 0 Å². The van der Waals surface area contributed by atoms with E-state index >= 15 is 0 Å². The van der Waals surface area contributed by atoms with Crippen molar-refractivity contribution in [2.24, 2.45) is 0 Å². The fourth-order valence-electron chi connectivity index (χ4n) is 2.56. The summed E-state index contributed by atoms with van der Waals surface area (Å²) in [6.07, 6.45) is 0.648. The average Bonchev–Trinajstić information content (AvgIpc) is 3.19. The highest BCUT2D eigenvalue weighted by Gasteiger charge is 2.22. The van der Waals surface area contributed by atoms with Gasteiger partial charge in [-0.25, -0.2) is 4.79 Å². The third kappa shape index (κ3) is 4.77. The molecule has 0 amide bonds. The molecule has 1 heterocycles. The Morgan fingerprint density at radius 2 is 1.93 bits per heavy atom. The molecule has 0 spiro atoms. The maximum Gasteiger partial charge on any atom is 0.340 e. The minimum atomic E-state index is -0.936. The molecule has 3 aromatic rings. The second-order valence-corrected chi connectivity index (χ2v) is 6.34. The van der Waals surface area contributed by atoms with Crippen LogP contribution in [-0.2, 0) is 11.3 Å². The summed E-state index contributed by atoms with van der Waals surface area (Å²) in [7, 11) is 0. The monoisotopic (exact) mass is 383 g/mol. The molecule has 5 nitrogen and oxygen atoms in total. The molecule has 2 aromatic carbocycles. The Morgan fingerprint density at radius 3 is 2.67 bits per heavy atom. The number of rotatable bonds is 7. The van der Waals surface area contributed by atoms with Gasteiger partial charge in [-0.05, 0) is 43.3 Å². The highest BCUT2D eigenvalue weighted by molar-refractivity contribution is 6.31. The number of Topliss-reactive ketones (excluding diaryl/α,β-unsaturated/α-hetero) is 1. The highest BCUT2D eigenvalue weighted by Crippen LogP contribution is 2.19. The molecule has 1 aromatic heterocycles. The lowest BCUT2D eigenvalue weighted by atomic mass is 10.1. The molecule has 0 aliphatic heterocycles. The first-order valence-electron chi connectivity index (χ1n) is 8.40. The van der Waals surface area contributed by atoms with Gasteiger partial charge in [0.25, 0.3) is 0 Å². The van der Waals surface area contributed by atoms with Gasteiger partial charge in [-0.3, -0.25) is 4.79 Å². The van der Waals surface area contributed by atoms with Crippen LogP contribution < -0.4 is 5.32 Å². The molecule has 0 bridgehead atoms. The Balaban J connectivity index is 1.69. The topological polar surface area (TPSA) is 68.5 Å². The molecule has 138 valence electrons. The maximum absolute atomic E-state index is 12.6. The number of carbonyl (C=O) groups is 2. The van der Waals surface area contributed by atoms with Gasteiger partial charge < -0.3 is 14.5 Å². The lowest BCUT2D eigenvalue weighted by Crippen LogP contribution is -2.25. The number of nitrogens with one attached hydrogen (secondary N) is 1. The first-order chi connectivity index (χ1) is 13.0. The number of carbonyl (C=O) groups excluding carboxylic acids is 2. The Labute approximate surface area is 161 Å². The number of ether oxygens (including phenoxy) is 1. The Kier molecular flexibility index (Phi) is 5.94. The van der Waals surface area contributed by atoms with Gasteiger partial charge in [0.15, 0.2) is 6.10 Å². The fourth-order valence-corrected chi connectivity index (χ4v) is 2.76. The molecule has 3 rings (SSSR count). The van der Waals surface area contributed by atoms with E-state index in [4.69, 9.17) is 20.8 Å². The van der Waals surface area contributed by atoms with Crippen LogP contribution in [0.2, 0.25) is 5.02 Å². The summed E-state index contributed by atoms with van der Waals surface area (Å²) >= 11 is 5.92. The fraction of sp³-hybridized carbons (Fsp3) is 0.143. The predicted octanol–water partition coefficient (Wildman–Crippen LogP) is 4.97. The number of furan rings is 1. The van der Waals surface area contributed by atoms with E-state index in [-0.39, 0.29) is 5.78 Å². The van der Waals surface area contributed by atoms with Gasteiger partial charge >= 0.3 is 5.97 Å². The van der Waals surface area contributed by atoms with Crippen LogP contribution >= 0.6 is 11.6 Å². The van der Waals surface area contributed by atoms with Gasteiger partial charge in [0.05, 0.1) is 18.4 Å². The van der Waals surface area contributed by atoms with Crippen LogP contribution in [0.25, 0.3) is 0 Å². The molecule has 0 aliphatic rings. The molecule has 1 atom stereocenters. The number of hydrogen-bond acceptors (Lipinski definition) is 5. The number of para-hydroxylation sites is 1. The van der Waals surface area contributed by atoms with E-state index in [1.807, 2.05) is 12.1 Å². The zero-order chi connectivity index (χ0) is 19.2. The van der Waals surface area contributed by atoms with E-state index in [9.17, 15) is 9.59 Å². The Hall–Kier alpha value is -3.05. The van der Waals surface area contributed by atoms with Crippen LogP contribution in [-0.4, -0.2) is 17.9 Å². The summed E-state index contributed by atoms with van der Waals surface area (Å²) in [5.41, 5.74) is 1.34. The second kappa shape index (κ2) is 8.56. The third-order valence-electron chi connectivity index (χ3n) is 3.94. The Bertz CT molecular complexity index is 937. The molecular formula is C21H18ClNO4. The van der Waals surface area contributed by atoms with Gasteiger partial charge in [-0.1, -0.05) is 35.9 Å². The summed E-state index contributed by atoms with van der Waals surface area (Å²) in [6.45, 7) is 1.97. The normalized spacial score (nSPS) is 11.6. The van der Waals surface area contributed by atoms with Crippen molar-refractivity contribution in [1.29, 1.82) is 0 Å². The van der Waals surface area contributed by atoms with Gasteiger partial charge in [0.1, 0.15) is 5.76 Å². The SMILES string of the molecule is C[C@H](OC(=O)c1ccccc1NCc1ccco1)C(=O)c1cccc(Cl)c1. The van der Waals surface area contributed by atoms with E-state index in [2.05, 4.69) is 5.32 Å². The van der Waals surface area contributed by atoms with Crippen LogP contribution in [0.1, 0.15) is 33.4 Å². The minimum absolute atomic E-state index is 0.313. The number of anilines is 1. The highest BCUT2D eigenvalue weighted by atomic mass is 35.5. The largest absolute Gasteiger partial charge is 0.467 e. The van der Waals surface area contributed by atoms with E-state index < -0.39 is 12.1 Å². The maximum atomic E-state index is 12.6. The molecule has 0 saturated carbocycles. The molecule has 6 heteroatoms. The van der Waals surface area contributed by atoms with Gasteiger partial charge in [0, 0.05) is 16.3 Å². The van der Waals surface area contributed by atoms with E-state index in [0.29, 0.717) is 28.4 Å². The molecular weight excluding hydrogens is 366 g/mol. The molecule has 0 aliphatic carbocycles. The standard InChI is InChI=1S/C21H18ClNO4/c1-14(20(24)15-6-4-7-16(22)12-15)27-21(25)18-9-2-3-10-19(18)23-13-17-8-5-11-26-17/h2-12,14,23H,13H2,1H3/t14-/m0/s1. The summed E-state index contributed by atoms with van der Waals surface area (Å²) in [5, 5.41) is 3.59. The lowest BCUT2D eigenvalue weighted by molar-refractivity contribution is 0.0319. The zero-order valence-corrected chi connectivity index (χ0v) is 15.4. The van der Waals surface area contributed by atoms with Gasteiger partial charge in [-0.2, -0.15) is 0 Å². The van der Waals surface area contributed by atoms with E-state index in [0.717, 1.165) is 5.76 Å². The van der Waals surface area contributed by atoms with Crippen LogP contribution in [0.4, 0.5) is 5.69 Å². The molecule has 0 radical (unpaired) electrons. The minimum Gasteiger partial charge on any atom is -0.467 e. The molecule has 1 N–H and O–H groups in total. The Morgan fingerprint density at radius 1 is 1.11 bits per heavy atom. The van der Waals surface area contributed by atoms with Crippen molar-refractivity contribution in [1.82, 2.24) is 0 Å². The van der Waals surface area contributed by atoms with Crippen LogP contribution in [0.15, 0.2) is 71.3 Å². The number of esters is 1. The van der Waals surface area contributed by atoms with Crippen molar-refractivity contribution in [2.45, 2.75) is 19.6 Å². The predicted molar refractivity (Wildman–Crippen MR) is 103 cm³/mol. The molecule has 0 fully saturated rings. The lowest BCUT2D eigenvalue weighted by Gasteiger charge is -2.15. The molecule has 0 unspecified atom stereocenters. The average molecular weight is 384 g/mol.